The molecule has 0 saturated heterocycles. The van der Waals surface area contributed by atoms with Crippen LogP contribution in [-0.4, -0.2) is 24.0 Å². The number of amides is 1. The van der Waals surface area contributed by atoms with Gasteiger partial charge in [0.2, 0.25) is 5.91 Å². The first kappa shape index (κ1) is 11.5. The van der Waals surface area contributed by atoms with Gasteiger partial charge in [-0.3, -0.25) is 4.79 Å². The van der Waals surface area contributed by atoms with Gasteiger partial charge in [0.15, 0.2) is 0 Å². The second-order valence-electron chi connectivity index (χ2n) is 4.07. The Balaban J connectivity index is 1.93. The molecule has 0 aliphatic heterocycles. The highest BCUT2D eigenvalue weighted by molar-refractivity contribution is 7.11. The van der Waals surface area contributed by atoms with Crippen molar-refractivity contribution in [2.24, 2.45) is 0 Å². The molecule has 4 nitrogen and oxygen atoms in total. The topological polar surface area (TPSA) is 51.2 Å². The van der Waals surface area contributed by atoms with Crippen molar-refractivity contribution < 1.29 is 9.53 Å². The number of hydrogen-bond acceptors (Lipinski definition) is 4. The Kier molecular flexibility index (Phi) is 3.56. The molecule has 1 aromatic heterocycles. The predicted octanol–water partition coefficient (Wildman–Crippen LogP) is 1.42. The normalized spacial score (nSPS) is 15.1. The fraction of sp³-hybridized carbons (Fsp3) is 0.636. The molecule has 0 unspecified atom stereocenters. The van der Waals surface area contributed by atoms with Crippen molar-refractivity contribution in [2.75, 3.05) is 7.11 Å². The minimum atomic E-state index is 0.109. The van der Waals surface area contributed by atoms with Crippen LogP contribution in [0.1, 0.15) is 28.4 Å². The summed E-state index contributed by atoms with van der Waals surface area (Å²) in [6.07, 6.45) is 2.70. The van der Waals surface area contributed by atoms with Crippen molar-refractivity contribution in [2.45, 2.75) is 38.8 Å². The fourth-order valence-electron chi connectivity index (χ4n) is 1.49. The Hall–Kier alpha value is -0.940. The van der Waals surface area contributed by atoms with Gasteiger partial charge in [0.05, 0.1) is 18.7 Å². The van der Waals surface area contributed by atoms with Crippen LogP contribution in [0, 0.1) is 6.92 Å². The van der Waals surface area contributed by atoms with Crippen LogP contribution in [0.5, 0.6) is 0 Å². The summed E-state index contributed by atoms with van der Waals surface area (Å²) in [5.74, 6) is 0.109. The van der Waals surface area contributed by atoms with Gasteiger partial charge in [0.1, 0.15) is 5.01 Å². The van der Waals surface area contributed by atoms with Gasteiger partial charge in [-0.2, -0.15) is 0 Å². The molecule has 1 aliphatic carbocycles. The molecule has 0 atom stereocenters. The number of thiazole rings is 1. The maximum absolute atomic E-state index is 11.6. The first-order valence-electron chi connectivity index (χ1n) is 5.42. The van der Waals surface area contributed by atoms with Crippen LogP contribution in [0.3, 0.4) is 0 Å². The number of ether oxygens (including phenoxy) is 1. The maximum atomic E-state index is 11.6. The molecule has 0 bridgehead atoms. The van der Waals surface area contributed by atoms with Gasteiger partial charge in [-0.15, -0.1) is 11.3 Å². The van der Waals surface area contributed by atoms with E-state index in [2.05, 4.69) is 10.3 Å². The minimum Gasteiger partial charge on any atom is -0.378 e. The summed E-state index contributed by atoms with van der Waals surface area (Å²) in [6, 6.07) is 0.430. The first-order valence-corrected chi connectivity index (χ1v) is 6.24. The standard InChI is InChI=1S/C11H16N2O2S/c1-7-9(16-11(12-7)6-15-2)5-10(14)13-8-3-4-8/h8H,3-6H2,1-2H3,(H,13,14). The summed E-state index contributed by atoms with van der Waals surface area (Å²) in [5.41, 5.74) is 0.947. The van der Waals surface area contributed by atoms with Gasteiger partial charge in [0, 0.05) is 18.0 Å². The Bertz CT molecular complexity index is 385. The molecule has 0 spiro atoms. The lowest BCUT2D eigenvalue weighted by molar-refractivity contribution is -0.120. The van der Waals surface area contributed by atoms with Crippen molar-refractivity contribution in [1.29, 1.82) is 0 Å². The number of carbonyl (C=O) groups excluding carboxylic acids is 1. The molecule has 0 radical (unpaired) electrons. The van der Waals surface area contributed by atoms with E-state index < -0.39 is 0 Å². The van der Waals surface area contributed by atoms with E-state index in [1.807, 2.05) is 6.92 Å². The van der Waals surface area contributed by atoms with E-state index in [9.17, 15) is 4.79 Å². The summed E-state index contributed by atoms with van der Waals surface area (Å²) >= 11 is 1.56. The van der Waals surface area contributed by atoms with E-state index in [0.717, 1.165) is 28.4 Å². The van der Waals surface area contributed by atoms with E-state index in [4.69, 9.17) is 4.74 Å². The second-order valence-corrected chi connectivity index (χ2v) is 5.24. The van der Waals surface area contributed by atoms with E-state index in [0.29, 0.717) is 19.1 Å². The van der Waals surface area contributed by atoms with Gasteiger partial charge < -0.3 is 10.1 Å². The number of aryl methyl sites for hydroxylation is 1. The molecule has 1 heterocycles. The van der Waals surface area contributed by atoms with Crippen LogP contribution in [0.2, 0.25) is 0 Å². The van der Waals surface area contributed by atoms with Crippen LogP contribution in [0.25, 0.3) is 0 Å². The van der Waals surface area contributed by atoms with Crippen LogP contribution in [0.4, 0.5) is 0 Å². The summed E-state index contributed by atoms with van der Waals surface area (Å²) in [6.45, 7) is 2.46. The Labute approximate surface area is 99.0 Å². The number of methoxy groups -OCH3 is 1. The maximum Gasteiger partial charge on any atom is 0.225 e. The molecule has 1 aromatic rings. The molecule has 2 rings (SSSR count). The molecule has 0 aromatic carbocycles. The zero-order valence-electron chi connectivity index (χ0n) is 9.58. The summed E-state index contributed by atoms with van der Waals surface area (Å²) in [4.78, 5) is 17.0. The van der Waals surface area contributed by atoms with Crippen LogP contribution in [-0.2, 0) is 22.6 Å². The van der Waals surface area contributed by atoms with Crippen LogP contribution >= 0.6 is 11.3 Å². The SMILES string of the molecule is COCc1nc(C)c(CC(=O)NC2CC2)s1. The monoisotopic (exact) mass is 240 g/mol. The third-order valence-electron chi connectivity index (χ3n) is 2.47. The van der Waals surface area contributed by atoms with E-state index in [-0.39, 0.29) is 5.91 Å². The van der Waals surface area contributed by atoms with Crippen molar-refractivity contribution in [3.8, 4) is 0 Å². The zero-order valence-corrected chi connectivity index (χ0v) is 10.4. The fourth-order valence-corrected chi connectivity index (χ4v) is 2.53. The number of carbonyl (C=O) groups is 1. The van der Waals surface area contributed by atoms with Crippen molar-refractivity contribution in [1.82, 2.24) is 10.3 Å². The van der Waals surface area contributed by atoms with Gasteiger partial charge in [-0.1, -0.05) is 0 Å². The Morgan fingerprint density at radius 1 is 1.62 bits per heavy atom. The average molecular weight is 240 g/mol. The quantitative estimate of drug-likeness (QED) is 0.847. The second kappa shape index (κ2) is 4.93. The lowest BCUT2D eigenvalue weighted by Gasteiger charge is -2.01. The molecular formula is C11H16N2O2S. The summed E-state index contributed by atoms with van der Waals surface area (Å²) < 4.78 is 5.02. The molecule has 1 aliphatic rings. The van der Waals surface area contributed by atoms with Gasteiger partial charge in [-0.25, -0.2) is 4.98 Å². The summed E-state index contributed by atoms with van der Waals surface area (Å²) in [7, 11) is 1.65. The molecule has 1 fully saturated rings. The minimum absolute atomic E-state index is 0.109. The number of nitrogens with one attached hydrogen (secondary N) is 1. The Morgan fingerprint density at radius 3 is 3.00 bits per heavy atom. The van der Waals surface area contributed by atoms with E-state index in [1.54, 1.807) is 18.4 Å². The molecular weight excluding hydrogens is 224 g/mol. The van der Waals surface area contributed by atoms with Gasteiger partial charge in [-0.05, 0) is 19.8 Å². The highest BCUT2D eigenvalue weighted by Gasteiger charge is 2.23. The smallest absolute Gasteiger partial charge is 0.225 e. The Morgan fingerprint density at radius 2 is 2.38 bits per heavy atom. The number of hydrogen-bond donors (Lipinski definition) is 1. The molecule has 1 N–H and O–H groups in total. The largest absolute Gasteiger partial charge is 0.378 e. The number of rotatable bonds is 5. The van der Waals surface area contributed by atoms with E-state index >= 15 is 0 Å². The third kappa shape index (κ3) is 3.02. The molecule has 5 heteroatoms. The van der Waals surface area contributed by atoms with Crippen molar-refractivity contribution in [3.05, 3.63) is 15.6 Å². The van der Waals surface area contributed by atoms with E-state index in [1.165, 1.54) is 0 Å². The molecule has 88 valence electrons. The molecule has 16 heavy (non-hydrogen) atoms. The predicted molar refractivity (Wildman–Crippen MR) is 62.4 cm³/mol. The van der Waals surface area contributed by atoms with Gasteiger partial charge >= 0.3 is 0 Å². The lowest BCUT2D eigenvalue weighted by atomic mass is 10.3. The van der Waals surface area contributed by atoms with Crippen LogP contribution < -0.4 is 5.32 Å². The highest BCUT2D eigenvalue weighted by Crippen LogP contribution is 2.21. The highest BCUT2D eigenvalue weighted by atomic mass is 32.1. The summed E-state index contributed by atoms with van der Waals surface area (Å²) in [5, 5.41) is 3.92. The van der Waals surface area contributed by atoms with Crippen LogP contribution in [0.15, 0.2) is 0 Å². The molecule has 1 amide bonds. The third-order valence-corrected chi connectivity index (χ3v) is 3.60. The zero-order chi connectivity index (χ0) is 11.5. The molecule has 1 saturated carbocycles. The van der Waals surface area contributed by atoms with Crippen molar-refractivity contribution >= 4 is 17.2 Å². The van der Waals surface area contributed by atoms with Crippen molar-refractivity contribution in [3.63, 3.8) is 0 Å². The number of aromatic nitrogens is 1. The average Bonchev–Trinajstić information content (AvgIpc) is 2.94. The first-order chi connectivity index (χ1) is 7.69. The van der Waals surface area contributed by atoms with Gasteiger partial charge in [0.25, 0.3) is 0 Å². The number of nitrogens with zero attached hydrogens (tertiary/aromatic N) is 1. The lowest BCUT2D eigenvalue weighted by Crippen LogP contribution is -2.26.